The monoisotopic (exact) mass is 392 g/mol. The highest BCUT2D eigenvalue weighted by Crippen LogP contribution is 2.21. The average Bonchev–Trinajstić information content (AvgIpc) is 2.76. The molecule has 1 atom stereocenters. The summed E-state index contributed by atoms with van der Waals surface area (Å²) in [5.41, 5.74) is 0.438. The van der Waals surface area contributed by atoms with Gasteiger partial charge in [-0.2, -0.15) is 0 Å². The van der Waals surface area contributed by atoms with Crippen LogP contribution in [0.3, 0.4) is 0 Å². The van der Waals surface area contributed by atoms with Crippen molar-refractivity contribution < 1.29 is 23.9 Å². The fraction of sp³-hybridized carbons (Fsp3) is 0.136. The molecule has 3 amide bonds. The number of fused-ring (bicyclic) bond motifs is 1. The molecule has 0 aromatic heterocycles. The standard InChI is InChI=1S/C22H20N2O5/c1-23-22(27)24-21(26)20(16-8-3-2-4-9-16)29-19(25)14-28-18-12-11-15-7-5-6-10-17(15)13-18/h2-13,20H,14H2,1H3,(H2,23,24,26,27)/t20-/m0/s1. The van der Waals surface area contributed by atoms with Gasteiger partial charge in [0.2, 0.25) is 6.10 Å². The van der Waals surface area contributed by atoms with Gasteiger partial charge in [0.1, 0.15) is 5.75 Å². The minimum absolute atomic E-state index is 0.380. The van der Waals surface area contributed by atoms with Crippen LogP contribution < -0.4 is 15.4 Å². The molecule has 0 bridgehead atoms. The summed E-state index contributed by atoms with van der Waals surface area (Å²) in [6.07, 6.45) is -1.28. The number of ether oxygens (including phenoxy) is 2. The molecule has 0 saturated carbocycles. The molecule has 0 radical (unpaired) electrons. The maximum atomic E-state index is 12.4. The quantitative estimate of drug-likeness (QED) is 0.629. The van der Waals surface area contributed by atoms with Crippen LogP contribution in [0.1, 0.15) is 11.7 Å². The lowest BCUT2D eigenvalue weighted by Crippen LogP contribution is -2.41. The van der Waals surface area contributed by atoms with E-state index < -0.39 is 24.0 Å². The van der Waals surface area contributed by atoms with E-state index in [1.165, 1.54) is 7.05 Å². The van der Waals surface area contributed by atoms with Crippen LogP contribution in [0, 0.1) is 0 Å². The van der Waals surface area contributed by atoms with Crippen LogP contribution in [0.15, 0.2) is 72.8 Å². The number of esters is 1. The molecular weight excluding hydrogens is 372 g/mol. The molecule has 0 saturated heterocycles. The van der Waals surface area contributed by atoms with Crippen LogP contribution in [-0.4, -0.2) is 31.6 Å². The van der Waals surface area contributed by atoms with E-state index in [9.17, 15) is 14.4 Å². The van der Waals surface area contributed by atoms with Crippen LogP contribution >= 0.6 is 0 Å². The molecule has 3 rings (SSSR count). The van der Waals surface area contributed by atoms with Crippen molar-refractivity contribution in [3.05, 3.63) is 78.4 Å². The van der Waals surface area contributed by atoms with Gasteiger partial charge in [-0.3, -0.25) is 10.1 Å². The zero-order valence-corrected chi connectivity index (χ0v) is 15.8. The lowest BCUT2D eigenvalue weighted by atomic mass is 10.1. The Bertz CT molecular complexity index is 1020. The second kappa shape index (κ2) is 9.36. The minimum Gasteiger partial charge on any atom is -0.482 e. The molecule has 0 fully saturated rings. The molecule has 3 aromatic carbocycles. The highest BCUT2D eigenvalue weighted by molar-refractivity contribution is 5.97. The van der Waals surface area contributed by atoms with Crippen LogP contribution in [-0.2, 0) is 14.3 Å². The fourth-order valence-electron chi connectivity index (χ4n) is 2.71. The summed E-state index contributed by atoms with van der Waals surface area (Å²) in [5.74, 6) is -0.986. The summed E-state index contributed by atoms with van der Waals surface area (Å²) in [4.78, 5) is 36.1. The topological polar surface area (TPSA) is 93.7 Å². The predicted molar refractivity (Wildman–Crippen MR) is 107 cm³/mol. The van der Waals surface area contributed by atoms with Crippen molar-refractivity contribution >= 4 is 28.7 Å². The molecule has 29 heavy (non-hydrogen) atoms. The number of urea groups is 1. The van der Waals surface area contributed by atoms with Gasteiger partial charge in [-0.05, 0) is 22.9 Å². The summed E-state index contributed by atoms with van der Waals surface area (Å²) in [6, 6.07) is 21.0. The second-order valence-electron chi connectivity index (χ2n) is 6.15. The normalized spacial score (nSPS) is 11.3. The molecule has 0 spiro atoms. The Balaban J connectivity index is 1.67. The second-order valence-corrected chi connectivity index (χ2v) is 6.15. The summed E-state index contributed by atoms with van der Waals surface area (Å²) >= 11 is 0. The Hall–Kier alpha value is -3.87. The van der Waals surface area contributed by atoms with E-state index in [1.54, 1.807) is 36.4 Å². The number of hydrogen-bond donors (Lipinski definition) is 2. The Morgan fingerprint density at radius 2 is 1.59 bits per heavy atom. The number of amides is 3. The first-order chi connectivity index (χ1) is 14.1. The molecule has 0 unspecified atom stereocenters. The van der Waals surface area contributed by atoms with Crippen molar-refractivity contribution in [2.24, 2.45) is 0 Å². The van der Waals surface area contributed by atoms with Gasteiger partial charge >= 0.3 is 12.0 Å². The van der Waals surface area contributed by atoms with Crippen molar-refractivity contribution in [1.82, 2.24) is 10.6 Å². The van der Waals surface area contributed by atoms with Gasteiger partial charge in [0.15, 0.2) is 6.61 Å². The van der Waals surface area contributed by atoms with E-state index in [2.05, 4.69) is 10.6 Å². The summed E-state index contributed by atoms with van der Waals surface area (Å²) < 4.78 is 10.8. The maximum Gasteiger partial charge on any atom is 0.345 e. The first-order valence-corrected chi connectivity index (χ1v) is 8.95. The molecule has 2 N–H and O–H groups in total. The molecule has 0 aliphatic carbocycles. The number of nitrogens with one attached hydrogen (secondary N) is 2. The van der Waals surface area contributed by atoms with E-state index in [1.807, 2.05) is 36.4 Å². The minimum atomic E-state index is -1.28. The highest BCUT2D eigenvalue weighted by Gasteiger charge is 2.26. The van der Waals surface area contributed by atoms with Gasteiger partial charge < -0.3 is 14.8 Å². The Labute approximate surface area is 167 Å². The number of imide groups is 1. The Kier molecular flexibility index (Phi) is 6.42. The zero-order chi connectivity index (χ0) is 20.6. The first kappa shape index (κ1) is 19.9. The third-order valence-electron chi connectivity index (χ3n) is 4.13. The van der Waals surface area contributed by atoms with Crippen LogP contribution in [0.5, 0.6) is 5.75 Å². The van der Waals surface area contributed by atoms with E-state index in [4.69, 9.17) is 9.47 Å². The van der Waals surface area contributed by atoms with Crippen LogP contribution in [0.2, 0.25) is 0 Å². The lowest BCUT2D eigenvalue weighted by molar-refractivity contribution is -0.158. The smallest absolute Gasteiger partial charge is 0.345 e. The van der Waals surface area contributed by atoms with E-state index in [0.29, 0.717) is 11.3 Å². The molecular formula is C22H20N2O5. The molecule has 7 heteroatoms. The summed E-state index contributed by atoms with van der Waals surface area (Å²) in [7, 11) is 1.38. The average molecular weight is 392 g/mol. The first-order valence-electron chi connectivity index (χ1n) is 8.95. The number of carbonyl (C=O) groups is 3. The SMILES string of the molecule is CNC(=O)NC(=O)[C@@H](OC(=O)COc1ccc2ccccc2c1)c1ccccc1. The van der Waals surface area contributed by atoms with E-state index in [0.717, 1.165) is 10.8 Å². The highest BCUT2D eigenvalue weighted by atomic mass is 16.6. The maximum absolute atomic E-state index is 12.4. The molecule has 148 valence electrons. The van der Waals surface area contributed by atoms with Crippen molar-refractivity contribution in [3.8, 4) is 5.75 Å². The molecule has 7 nitrogen and oxygen atoms in total. The van der Waals surface area contributed by atoms with Gasteiger partial charge in [-0.25, -0.2) is 9.59 Å². The number of carbonyl (C=O) groups excluding carboxylic acids is 3. The molecule has 3 aromatic rings. The van der Waals surface area contributed by atoms with E-state index >= 15 is 0 Å². The largest absolute Gasteiger partial charge is 0.482 e. The molecule has 0 aliphatic rings. The van der Waals surface area contributed by atoms with Gasteiger partial charge in [0, 0.05) is 12.6 Å². The molecule has 0 aliphatic heterocycles. The van der Waals surface area contributed by atoms with Crippen LogP contribution in [0.4, 0.5) is 4.79 Å². The Morgan fingerprint density at radius 1 is 0.897 bits per heavy atom. The molecule has 0 heterocycles. The predicted octanol–water partition coefficient (Wildman–Crippen LogP) is 2.96. The third kappa shape index (κ3) is 5.32. The van der Waals surface area contributed by atoms with Gasteiger partial charge in [-0.15, -0.1) is 0 Å². The van der Waals surface area contributed by atoms with Gasteiger partial charge in [-0.1, -0.05) is 60.7 Å². The Morgan fingerprint density at radius 3 is 2.31 bits per heavy atom. The lowest BCUT2D eigenvalue weighted by Gasteiger charge is -2.17. The number of benzene rings is 3. The zero-order valence-electron chi connectivity index (χ0n) is 15.8. The van der Waals surface area contributed by atoms with E-state index in [-0.39, 0.29) is 6.61 Å². The van der Waals surface area contributed by atoms with Crippen molar-refractivity contribution in [1.29, 1.82) is 0 Å². The van der Waals surface area contributed by atoms with Crippen LogP contribution in [0.25, 0.3) is 10.8 Å². The van der Waals surface area contributed by atoms with Crippen molar-refractivity contribution in [2.75, 3.05) is 13.7 Å². The van der Waals surface area contributed by atoms with Gasteiger partial charge in [0.25, 0.3) is 5.91 Å². The third-order valence-corrected chi connectivity index (χ3v) is 4.13. The van der Waals surface area contributed by atoms with Gasteiger partial charge in [0.05, 0.1) is 0 Å². The fourth-order valence-corrected chi connectivity index (χ4v) is 2.71. The van der Waals surface area contributed by atoms with Crippen molar-refractivity contribution in [3.63, 3.8) is 0 Å². The number of hydrogen-bond acceptors (Lipinski definition) is 5. The van der Waals surface area contributed by atoms with Crippen molar-refractivity contribution in [2.45, 2.75) is 6.10 Å². The summed E-state index contributed by atoms with van der Waals surface area (Å²) in [6.45, 7) is -0.380. The number of rotatable bonds is 6. The summed E-state index contributed by atoms with van der Waals surface area (Å²) in [5, 5.41) is 6.43.